The Morgan fingerprint density at radius 1 is 1.12 bits per heavy atom. The Kier molecular flexibility index (Phi) is 3.74. The number of alkyl halides is 1. The molecule has 0 aliphatic carbocycles. The van der Waals surface area contributed by atoms with E-state index >= 15 is 0 Å². The van der Waals surface area contributed by atoms with Crippen LogP contribution in [0.2, 0.25) is 0 Å². The second-order valence-corrected chi connectivity index (χ2v) is 5.43. The number of benzene rings is 1. The highest BCUT2D eigenvalue weighted by molar-refractivity contribution is 5.91. The molecule has 6 nitrogen and oxygen atoms in total. The highest BCUT2D eigenvalue weighted by Crippen LogP contribution is 2.25. The Bertz CT molecular complexity index is 1020. The first kappa shape index (κ1) is 15.1. The van der Waals surface area contributed by atoms with Gasteiger partial charge in [-0.15, -0.1) is 0 Å². The van der Waals surface area contributed by atoms with E-state index in [9.17, 15) is 9.18 Å². The normalized spacial score (nSPS) is 10.9. The minimum absolute atomic E-state index is 0.514. The van der Waals surface area contributed by atoms with Crippen molar-refractivity contribution >= 4 is 17.2 Å². The van der Waals surface area contributed by atoms with Gasteiger partial charge in [0.2, 0.25) is 0 Å². The lowest BCUT2D eigenvalue weighted by molar-refractivity contribution is -0.117. The van der Waals surface area contributed by atoms with E-state index in [-0.39, 0.29) is 0 Å². The number of carbonyl (C=O) groups is 1. The Hall–Kier alpha value is -3.48. The lowest BCUT2D eigenvalue weighted by atomic mass is 10.1. The number of nitrogens with zero attached hydrogens (tertiary/aromatic N) is 3. The minimum Gasteiger partial charge on any atom is -0.444 e. The van der Waals surface area contributed by atoms with E-state index in [1.165, 1.54) is 6.39 Å². The molecule has 0 aliphatic heterocycles. The lowest BCUT2D eigenvalue weighted by Crippen LogP contribution is -2.13. The van der Waals surface area contributed by atoms with Gasteiger partial charge in [-0.2, -0.15) is 0 Å². The van der Waals surface area contributed by atoms with Crippen LogP contribution >= 0.6 is 0 Å². The predicted octanol–water partition coefficient (Wildman–Crippen LogP) is 3.56. The number of amides is 1. The Labute approximate surface area is 142 Å². The summed E-state index contributed by atoms with van der Waals surface area (Å²) in [7, 11) is 0. The summed E-state index contributed by atoms with van der Waals surface area (Å²) in [6.07, 6.45) is 6.60. The van der Waals surface area contributed by atoms with Crippen LogP contribution in [0.15, 0.2) is 65.8 Å². The molecular formula is C18H13FN4O2. The maximum atomic E-state index is 12.3. The number of hydrogen-bond acceptors (Lipinski definition) is 4. The number of imidazole rings is 1. The number of fused-ring (bicyclic) bond motifs is 1. The van der Waals surface area contributed by atoms with Gasteiger partial charge in [0.25, 0.3) is 5.91 Å². The van der Waals surface area contributed by atoms with Crippen molar-refractivity contribution in [2.75, 3.05) is 12.0 Å². The monoisotopic (exact) mass is 336 g/mol. The molecule has 0 saturated heterocycles. The predicted molar refractivity (Wildman–Crippen MR) is 90.7 cm³/mol. The summed E-state index contributed by atoms with van der Waals surface area (Å²) in [4.78, 5) is 19.6. The highest BCUT2D eigenvalue weighted by atomic mass is 19.1. The van der Waals surface area contributed by atoms with Crippen LogP contribution in [0.1, 0.15) is 0 Å². The van der Waals surface area contributed by atoms with Crippen molar-refractivity contribution in [2.24, 2.45) is 0 Å². The number of oxazole rings is 1. The van der Waals surface area contributed by atoms with Crippen molar-refractivity contribution in [3.8, 4) is 22.6 Å². The van der Waals surface area contributed by atoms with Crippen molar-refractivity contribution in [3.63, 3.8) is 0 Å². The fourth-order valence-corrected chi connectivity index (χ4v) is 2.56. The van der Waals surface area contributed by atoms with Gasteiger partial charge < -0.3 is 14.1 Å². The van der Waals surface area contributed by atoms with E-state index in [1.54, 1.807) is 28.9 Å². The van der Waals surface area contributed by atoms with Gasteiger partial charge in [0.1, 0.15) is 5.65 Å². The van der Waals surface area contributed by atoms with Crippen LogP contribution in [0.3, 0.4) is 0 Å². The third-order valence-corrected chi connectivity index (χ3v) is 3.75. The molecule has 1 aromatic carbocycles. The second kappa shape index (κ2) is 6.20. The molecular weight excluding hydrogens is 323 g/mol. The smallest absolute Gasteiger partial charge is 0.255 e. The zero-order valence-corrected chi connectivity index (χ0v) is 13.0. The average molecular weight is 336 g/mol. The van der Waals surface area contributed by atoms with Gasteiger partial charge in [0, 0.05) is 23.5 Å². The van der Waals surface area contributed by atoms with Crippen LogP contribution in [-0.4, -0.2) is 27.0 Å². The van der Waals surface area contributed by atoms with E-state index in [0.717, 1.165) is 22.5 Å². The van der Waals surface area contributed by atoms with E-state index in [0.29, 0.717) is 11.4 Å². The van der Waals surface area contributed by atoms with Crippen LogP contribution in [0.5, 0.6) is 0 Å². The number of pyridine rings is 1. The van der Waals surface area contributed by atoms with Crippen molar-refractivity contribution in [2.45, 2.75) is 0 Å². The zero-order valence-electron chi connectivity index (χ0n) is 13.0. The minimum atomic E-state index is -1.05. The van der Waals surface area contributed by atoms with Gasteiger partial charge in [-0.25, -0.2) is 14.4 Å². The molecule has 1 amide bonds. The van der Waals surface area contributed by atoms with Crippen molar-refractivity contribution < 1.29 is 13.6 Å². The van der Waals surface area contributed by atoms with Crippen molar-refractivity contribution in [1.29, 1.82) is 0 Å². The summed E-state index contributed by atoms with van der Waals surface area (Å²) < 4.78 is 19.4. The quantitative estimate of drug-likeness (QED) is 0.618. The molecule has 1 N–H and O–H groups in total. The molecule has 124 valence electrons. The van der Waals surface area contributed by atoms with Crippen LogP contribution in [0.4, 0.5) is 10.1 Å². The highest BCUT2D eigenvalue weighted by Gasteiger charge is 2.08. The largest absolute Gasteiger partial charge is 0.444 e. The molecule has 0 aliphatic rings. The van der Waals surface area contributed by atoms with Crippen LogP contribution in [0, 0.1) is 0 Å². The van der Waals surface area contributed by atoms with Gasteiger partial charge in [-0.05, 0) is 12.1 Å². The van der Waals surface area contributed by atoms with Gasteiger partial charge in [-0.1, -0.05) is 24.3 Å². The van der Waals surface area contributed by atoms with Crippen LogP contribution in [0.25, 0.3) is 28.2 Å². The van der Waals surface area contributed by atoms with Crippen molar-refractivity contribution in [3.05, 3.63) is 61.4 Å². The number of nitrogens with one attached hydrogen (secondary N) is 1. The van der Waals surface area contributed by atoms with E-state index in [2.05, 4.69) is 15.3 Å². The molecule has 4 rings (SSSR count). The van der Waals surface area contributed by atoms with Crippen LogP contribution < -0.4 is 5.32 Å². The zero-order chi connectivity index (χ0) is 17.2. The molecule has 0 radical (unpaired) electrons. The maximum absolute atomic E-state index is 12.3. The molecule has 7 heteroatoms. The second-order valence-electron chi connectivity index (χ2n) is 5.43. The Morgan fingerprint density at radius 2 is 1.92 bits per heavy atom. The SMILES string of the molecule is O=C(CF)Nc1ccc2nc(-c3ccc(-c4cnco4)cc3)cn2c1. The van der Waals surface area contributed by atoms with Crippen molar-refractivity contribution in [1.82, 2.24) is 14.4 Å². The third kappa shape index (κ3) is 2.99. The molecule has 0 fully saturated rings. The van der Waals surface area contributed by atoms with E-state index in [1.807, 2.05) is 30.5 Å². The van der Waals surface area contributed by atoms with Gasteiger partial charge in [0.05, 0.1) is 17.6 Å². The fraction of sp³-hybridized carbons (Fsp3) is 0.0556. The first-order valence-corrected chi connectivity index (χ1v) is 7.57. The molecule has 25 heavy (non-hydrogen) atoms. The molecule has 0 spiro atoms. The summed E-state index contributed by atoms with van der Waals surface area (Å²) in [6.45, 7) is -1.05. The number of carbonyl (C=O) groups excluding carboxylic acids is 1. The summed E-state index contributed by atoms with van der Waals surface area (Å²) in [5.74, 6) is 0.0255. The summed E-state index contributed by atoms with van der Waals surface area (Å²) in [6, 6.07) is 11.2. The molecule has 0 saturated carbocycles. The maximum Gasteiger partial charge on any atom is 0.255 e. The van der Waals surface area contributed by atoms with E-state index < -0.39 is 12.6 Å². The van der Waals surface area contributed by atoms with Gasteiger partial charge in [0.15, 0.2) is 18.8 Å². The first-order chi connectivity index (χ1) is 12.2. The Balaban J connectivity index is 1.64. The summed E-state index contributed by atoms with van der Waals surface area (Å²) in [5.41, 5.74) is 3.91. The first-order valence-electron chi connectivity index (χ1n) is 7.57. The number of rotatable bonds is 4. The average Bonchev–Trinajstić information content (AvgIpc) is 3.31. The summed E-state index contributed by atoms with van der Waals surface area (Å²) >= 11 is 0. The third-order valence-electron chi connectivity index (χ3n) is 3.75. The standard InChI is InChI=1S/C18H13FN4O2/c19-7-18(24)21-14-5-6-17-22-15(10-23(17)9-14)12-1-3-13(4-2-12)16-8-20-11-25-16/h1-6,8-11H,7H2,(H,21,24). The fourth-order valence-electron chi connectivity index (χ4n) is 2.56. The molecule has 3 heterocycles. The number of halogens is 1. The van der Waals surface area contributed by atoms with E-state index in [4.69, 9.17) is 4.42 Å². The lowest BCUT2D eigenvalue weighted by Gasteiger charge is -2.02. The molecule has 0 atom stereocenters. The van der Waals surface area contributed by atoms with Gasteiger partial charge >= 0.3 is 0 Å². The molecule has 0 bridgehead atoms. The number of hydrogen-bond donors (Lipinski definition) is 1. The number of anilines is 1. The number of aromatic nitrogens is 3. The topological polar surface area (TPSA) is 72.4 Å². The molecule has 4 aromatic rings. The van der Waals surface area contributed by atoms with Gasteiger partial charge in [-0.3, -0.25) is 4.79 Å². The Morgan fingerprint density at radius 3 is 2.64 bits per heavy atom. The van der Waals surface area contributed by atoms with Crippen LogP contribution in [-0.2, 0) is 4.79 Å². The molecule has 0 unspecified atom stereocenters. The molecule has 3 aromatic heterocycles. The summed E-state index contributed by atoms with van der Waals surface area (Å²) in [5, 5.41) is 2.48.